The van der Waals surface area contributed by atoms with Gasteiger partial charge >= 0.3 is 0 Å². The van der Waals surface area contributed by atoms with Crippen LogP contribution in [0.5, 0.6) is 0 Å². The third kappa shape index (κ3) is 2.95. The monoisotopic (exact) mass is 489 g/mol. The molecule has 168 valence electrons. The van der Waals surface area contributed by atoms with Crippen LogP contribution in [0.4, 0.5) is 5.69 Å². The van der Waals surface area contributed by atoms with Crippen molar-refractivity contribution in [2.75, 3.05) is 4.90 Å². The van der Waals surface area contributed by atoms with Crippen LogP contribution in [0, 0.1) is 11.8 Å². The van der Waals surface area contributed by atoms with E-state index in [1.165, 1.54) is 6.07 Å². The first-order valence-electron chi connectivity index (χ1n) is 10.8. The van der Waals surface area contributed by atoms with E-state index in [4.69, 9.17) is 23.2 Å². The lowest BCUT2D eigenvalue weighted by Crippen LogP contribution is -2.44. The fourth-order valence-electron chi connectivity index (χ4n) is 5.34. The van der Waals surface area contributed by atoms with E-state index in [1.54, 1.807) is 47.6 Å². The Bertz CT molecular complexity index is 1390. The molecule has 0 spiro atoms. The van der Waals surface area contributed by atoms with E-state index in [-0.39, 0.29) is 16.5 Å². The number of anilines is 1. The summed E-state index contributed by atoms with van der Waals surface area (Å²) in [5.41, 5.74) is 2.45. The van der Waals surface area contributed by atoms with Crippen molar-refractivity contribution < 1.29 is 14.4 Å². The van der Waals surface area contributed by atoms with Crippen molar-refractivity contribution in [3.05, 3.63) is 99.5 Å². The smallest absolute Gasteiger partial charge is 0.240 e. The molecule has 0 N–H and O–H groups in total. The summed E-state index contributed by atoms with van der Waals surface area (Å²) >= 11 is 12.4. The number of halogens is 2. The molecule has 0 bridgehead atoms. The van der Waals surface area contributed by atoms with Gasteiger partial charge in [0.15, 0.2) is 5.78 Å². The topological polar surface area (TPSA) is 70.0 Å². The number of hydrogen-bond donors (Lipinski definition) is 0. The number of carbonyl (C=O) groups excluding carboxylic acids is 3. The number of carbonyl (C=O) groups is 3. The highest BCUT2D eigenvalue weighted by Gasteiger charge is 2.65. The van der Waals surface area contributed by atoms with Gasteiger partial charge in [0, 0.05) is 10.6 Å². The fourth-order valence-corrected chi connectivity index (χ4v) is 5.83. The van der Waals surface area contributed by atoms with Crippen LogP contribution in [0.2, 0.25) is 10.0 Å². The van der Waals surface area contributed by atoms with Gasteiger partial charge in [0.2, 0.25) is 11.8 Å². The predicted molar refractivity (Wildman–Crippen MR) is 129 cm³/mol. The third-order valence-electron chi connectivity index (χ3n) is 6.77. The molecule has 3 aliphatic rings. The van der Waals surface area contributed by atoms with Gasteiger partial charge in [-0.05, 0) is 29.3 Å². The summed E-state index contributed by atoms with van der Waals surface area (Å²) in [4.78, 5) is 42.5. The number of imide groups is 1. The van der Waals surface area contributed by atoms with E-state index >= 15 is 0 Å². The zero-order valence-electron chi connectivity index (χ0n) is 17.6. The summed E-state index contributed by atoms with van der Waals surface area (Å²) in [5, 5.41) is 6.79. The van der Waals surface area contributed by atoms with Crippen molar-refractivity contribution in [1.82, 2.24) is 5.01 Å². The molecule has 6 nitrogen and oxygen atoms in total. The minimum Gasteiger partial charge on any atom is -0.292 e. The quantitative estimate of drug-likeness (QED) is 0.393. The lowest BCUT2D eigenvalue weighted by atomic mass is 9.83. The van der Waals surface area contributed by atoms with Crippen LogP contribution in [0.1, 0.15) is 27.5 Å². The first kappa shape index (κ1) is 21.1. The van der Waals surface area contributed by atoms with Crippen molar-refractivity contribution in [2.24, 2.45) is 16.9 Å². The number of Topliss-reactive ketones (excluding diaryl/α,β-unsaturated/α-hetero) is 1. The molecule has 34 heavy (non-hydrogen) atoms. The molecule has 2 fully saturated rings. The molecule has 2 amide bonds. The van der Waals surface area contributed by atoms with Crippen molar-refractivity contribution in [3.8, 4) is 0 Å². The van der Waals surface area contributed by atoms with Crippen molar-refractivity contribution >= 4 is 52.7 Å². The maximum atomic E-state index is 13.8. The Hall–Kier alpha value is -3.48. The van der Waals surface area contributed by atoms with Crippen LogP contribution < -0.4 is 4.90 Å². The van der Waals surface area contributed by atoms with Crippen LogP contribution >= 0.6 is 23.2 Å². The van der Waals surface area contributed by atoms with Crippen LogP contribution in [-0.2, 0) is 9.59 Å². The number of hydrazone groups is 1. The van der Waals surface area contributed by atoms with E-state index in [0.29, 0.717) is 10.6 Å². The van der Waals surface area contributed by atoms with Crippen LogP contribution in [0.3, 0.4) is 0 Å². The van der Waals surface area contributed by atoms with Gasteiger partial charge in [-0.2, -0.15) is 5.10 Å². The molecule has 3 heterocycles. The van der Waals surface area contributed by atoms with Crippen molar-refractivity contribution in [2.45, 2.75) is 12.1 Å². The number of benzene rings is 3. The number of rotatable bonds is 3. The molecule has 8 heteroatoms. The van der Waals surface area contributed by atoms with Gasteiger partial charge in [0.05, 0.1) is 34.8 Å². The van der Waals surface area contributed by atoms with Gasteiger partial charge < -0.3 is 0 Å². The molecule has 6 rings (SSSR count). The van der Waals surface area contributed by atoms with E-state index in [0.717, 1.165) is 16.0 Å². The number of amides is 2. The average molecular weight is 490 g/mol. The molecular weight excluding hydrogens is 473 g/mol. The van der Waals surface area contributed by atoms with Gasteiger partial charge in [0.25, 0.3) is 0 Å². The molecule has 0 aromatic heterocycles. The van der Waals surface area contributed by atoms with Gasteiger partial charge in [-0.15, -0.1) is 0 Å². The normalized spacial score (nSPS) is 24.8. The van der Waals surface area contributed by atoms with Crippen molar-refractivity contribution in [3.63, 3.8) is 0 Å². The summed E-state index contributed by atoms with van der Waals surface area (Å²) < 4.78 is 0. The van der Waals surface area contributed by atoms with Crippen LogP contribution in [0.15, 0.2) is 77.9 Å². The summed E-state index contributed by atoms with van der Waals surface area (Å²) in [6, 6.07) is 19.5. The molecule has 0 saturated carbocycles. The Morgan fingerprint density at radius 2 is 1.56 bits per heavy atom. The van der Waals surface area contributed by atoms with E-state index in [1.807, 2.05) is 30.3 Å². The summed E-state index contributed by atoms with van der Waals surface area (Å²) in [6.07, 6.45) is 1.68. The molecule has 2 saturated heterocycles. The number of ketones is 1. The summed E-state index contributed by atoms with van der Waals surface area (Å²) in [7, 11) is 0. The predicted octanol–water partition coefficient (Wildman–Crippen LogP) is 4.75. The van der Waals surface area contributed by atoms with E-state index < -0.39 is 35.7 Å². The highest BCUT2D eigenvalue weighted by molar-refractivity contribution is 6.38. The number of fused-ring (bicyclic) bond motifs is 5. The fraction of sp³-hybridized carbons (Fsp3) is 0.154. The SMILES string of the molecule is O=C(c1ccccc1)[C@@H]1[C@@H]2C(=O)N(c3ccc(Cl)cc3Cl)C(=O)[C@H]2[C@H]2c3ccccc3C=NN12. The average Bonchev–Trinajstić information content (AvgIpc) is 3.32. The zero-order valence-corrected chi connectivity index (χ0v) is 19.1. The Labute approximate surface area is 205 Å². The maximum Gasteiger partial charge on any atom is 0.240 e. The minimum absolute atomic E-state index is 0.194. The summed E-state index contributed by atoms with van der Waals surface area (Å²) in [6.45, 7) is 0. The minimum atomic E-state index is -0.922. The van der Waals surface area contributed by atoms with Gasteiger partial charge in [-0.25, -0.2) is 4.90 Å². The zero-order chi connectivity index (χ0) is 23.6. The van der Waals surface area contributed by atoms with Gasteiger partial charge in [-0.1, -0.05) is 77.8 Å². The lowest BCUT2D eigenvalue weighted by molar-refractivity contribution is -0.124. The largest absolute Gasteiger partial charge is 0.292 e. The molecule has 3 aromatic carbocycles. The Morgan fingerprint density at radius 3 is 2.32 bits per heavy atom. The first-order chi connectivity index (χ1) is 16.5. The lowest BCUT2D eigenvalue weighted by Gasteiger charge is -2.33. The van der Waals surface area contributed by atoms with Gasteiger partial charge in [0.1, 0.15) is 6.04 Å². The summed E-state index contributed by atoms with van der Waals surface area (Å²) in [5.74, 6) is -2.80. The van der Waals surface area contributed by atoms with Crippen molar-refractivity contribution in [1.29, 1.82) is 0 Å². The molecule has 4 atom stereocenters. The van der Waals surface area contributed by atoms with Crippen LogP contribution in [0.25, 0.3) is 0 Å². The first-order valence-corrected chi connectivity index (χ1v) is 11.6. The highest BCUT2D eigenvalue weighted by atomic mass is 35.5. The molecular formula is C26H17Cl2N3O3. The van der Waals surface area contributed by atoms with Crippen LogP contribution in [-0.4, -0.2) is 34.9 Å². The number of hydrogen-bond acceptors (Lipinski definition) is 5. The second-order valence-electron chi connectivity index (χ2n) is 8.53. The standard InChI is InChI=1S/C26H17Cl2N3O3/c27-16-10-11-19(18(28)12-16)30-25(33)20-21(26(30)34)23(24(32)14-6-2-1-3-7-14)31-22(20)17-9-5-4-8-15(17)13-29-31/h1-13,20-23H/t20-,21-,22-,23+/m1/s1. The molecule has 0 radical (unpaired) electrons. The Morgan fingerprint density at radius 1 is 0.853 bits per heavy atom. The maximum absolute atomic E-state index is 13.8. The molecule has 3 aromatic rings. The Kier molecular flexibility index (Phi) is 4.83. The molecule has 0 unspecified atom stereocenters. The third-order valence-corrected chi connectivity index (χ3v) is 7.31. The molecule has 0 aliphatic carbocycles. The second kappa shape index (κ2) is 7.79. The second-order valence-corrected chi connectivity index (χ2v) is 9.38. The molecule has 3 aliphatic heterocycles. The highest BCUT2D eigenvalue weighted by Crippen LogP contribution is 2.53. The van der Waals surface area contributed by atoms with E-state index in [9.17, 15) is 14.4 Å². The Balaban J connectivity index is 1.51. The number of nitrogens with zero attached hydrogens (tertiary/aromatic N) is 3. The van der Waals surface area contributed by atoms with Gasteiger partial charge in [-0.3, -0.25) is 19.4 Å². The van der Waals surface area contributed by atoms with E-state index in [2.05, 4.69) is 5.10 Å².